The lowest BCUT2D eigenvalue weighted by atomic mass is 10.1. The molecule has 2 unspecified atom stereocenters. The number of aromatic nitrogens is 1. The number of furan rings is 1. The predicted molar refractivity (Wildman–Crippen MR) is 74.3 cm³/mol. The Balaban J connectivity index is 2.24. The molecule has 2 aromatic rings. The second-order valence-electron chi connectivity index (χ2n) is 4.40. The fourth-order valence-corrected chi connectivity index (χ4v) is 1.94. The van der Waals surface area contributed by atoms with Crippen LogP contribution >= 0.6 is 11.6 Å². The highest BCUT2D eigenvalue weighted by Crippen LogP contribution is 2.27. The van der Waals surface area contributed by atoms with Gasteiger partial charge in [0.15, 0.2) is 6.10 Å². The van der Waals surface area contributed by atoms with Crippen LogP contribution in [0.3, 0.4) is 0 Å². The van der Waals surface area contributed by atoms with E-state index in [1.54, 1.807) is 18.5 Å². The molecule has 2 N–H and O–H groups in total. The van der Waals surface area contributed by atoms with Crippen LogP contribution in [0.2, 0.25) is 5.02 Å². The number of hydrogen-bond acceptors (Lipinski definition) is 4. The van der Waals surface area contributed by atoms with Gasteiger partial charge in [-0.3, -0.25) is 4.98 Å². The normalized spacial score (nSPS) is 14.1. The van der Waals surface area contributed by atoms with Gasteiger partial charge in [-0.25, -0.2) is 0 Å². The number of pyridine rings is 1. The molecule has 2 aromatic heterocycles. The van der Waals surface area contributed by atoms with E-state index in [0.717, 1.165) is 12.2 Å². The van der Waals surface area contributed by atoms with Crippen LogP contribution in [0.1, 0.15) is 31.0 Å². The lowest BCUT2D eigenvalue weighted by Gasteiger charge is -2.22. The average Bonchev–Trinajstić information content (AvgIpc) is 2.81. The molecule has 19 heavy (non-hydrogen) atoms. The van der Waals surface area contributed by atoms with Crippen LogP contribution in [-0.2, 0) is 0 Å². The van der Waals surface area contributed by atoms with Crippen molar-refractivity contribution >= 4 is 11.6 Å². The quantitative estimate of drug-likeness (QED) is 0.911. The molecule has 0 saturated heterocycles. The number of hydrogen-bond donors (Lipinski definition) is 1. The molecule has 0 aliphatic rings. The van der Waals surface area contributed by atoms with E-state index in [9.17, 15) is 0 Å². The van der Waals surface area contributed by atoms with Crippen molar-refractivity contribution in [1.82, 2.24) is 4.98 Å². The minimum absolute atomic E-state index is 0.162. The van der Waals surface area contributed by atoms with Crippen molar-refractivity contribution in [3.63, 3.8) is 0 Å². The van der Waals surface area contributed by atoms with Gasteiger partial charge in [0.2, 0.25) is 0 Å². The zero-order chi connectivity index (χ0) is 13.8. The first-order valence-electron chi connectivity index (χ1n) is 6.19. The molecule has 0 radical (unpaired) electrons. The fraction of sp³-hybridized carbons (Fsp3) is 0.357. The van der Waals surface area contributed by atoms with Gasteiger partial charge in [-0.1, -0.05) is 18.5 Å². The summed E-state index contributed by atoms with van der Waals surface area (Å²) < 4.78 is 11.5. The molecule has 0 amide bonds. The van der Waals surface area contributed by atoms with Gasteiger partial charge in [0.25, 0.3) is 0 Å². The Morgan fingerprint density at radius 3 is 2.79 bits per heavy atom. The second-order valence-corrected chi connectivity index (χ2v) is 4.83. The minimum atomic E-state index is -0.348. The number of nitrogens with zero attached hydrogens (tertiary/aromatic N) is 1. The largest absolute Gasteiger partial charge is 0.479 e. The third kappa shape index (κ3) is 3.49. The van der Waals surface area contributed by atoms with E-state index in [1.807, 2.05) is 26.0 Å². The number of ether oxygens (including phenoxy) is 1. The summed E-state index contributed by atoms with van der Waals surface area (Å²) in [6.45, 7) is 3.89. The highest BCUT2D eigenvalue weighted by molar-refractivity contribution is 6.30. The predicted octanol–water partition coefficient (Wildman–Crippen LogP) is 3.49. The first-order chi connectivity index (χ1) is 9.10. The monoisotopic (exact) mass is 280 g/mol. The van der Waals surface area contributed by atoms with Gasteiger partial charge in [0, 0.05) is 18.3 Å². The highest BCUT2D eigenvalue weighted by Gasteiger charge is 2.24. The molecule has 5 heteroatoms. The maximum atomic E-state index is 6.11. The van der Waals surface area contributed by atoms with Crippen LogP contribution in [-0.4, -0.2) is 11.0 Å². The topological polar surface area (TPSA) is 61.3 Å². The van der Waals surface area contributed by atoms with E-state index in [1.165, 1.54) is 0 Å². The minimum Gasteiger partial charge on any atom is -0.479 e. The zero-order valence-corrected chi connectivity index (χ0v) is 11.7. The summed E-state index contributed by atoms with van der Waals surface area (Å²) in [6.07, 6.45) is 3.59. The summed E-state index contributed by atoms with van der Waals surface area (Å²) in [4.78, 5) is 3.99. The number of rotatable bonds is 5. The molecule has 4 nitrogen and oxygen atoms in total. The van der Waals surface area contributed by atoms with Crippen LogP contribution in [0.4, 0.5) is 0 Å². The van der Waals surface area contributed by atoms with Gasteiger partial charge in [-0.05, 0) is 25.5 Å². The van der Waals surface area contributed by atoms with Crippen molar-refractivity contribution in [3.05, 3.63) is 47.1 Å². The van der Waals surface area contributed by atoms with Crippen LogP contribution < -0.4 is 10.5 Å². The van der Waals surface area contributed by atoms with Crippen LogP contribution in [0.25, 0.3) is 0 Å². The van der Waals surface area contributed by atoms with Gasteiger partial charge < -0.3 is 14.9 Å². The van der Waals surface area contributed by atoms with Crippen molar-refractivity contribution < 1.29 is 9.15 Å². The molecule has 2 atom stereocenters. The molecule has 0 spiro atoms. The molecule has 0 saturated carbocycles. The lowest BCUT2D eigenvalue weighted by Crippen LogP contribution is -2.31. The van der Waals surface area contributed by atoms with Crippen molar-refractivity contribution in [3.8, 4) is 5.75 Å². The third-order valence-corrected chi connectivity index (χ3v) is 3.05. The maximum absolute atomic E-state index is 6.11. The number of halogens is 1. The Bertz CT molecular complexity index is 542. The van der Waals surface area contributed by atoms with Crippen LogP contribution in [0.15, 0.2) is 35.0 Å². The standard InChI is InChI=1S/C14H17ClN2O2/c1-3-12(16)14(13-5-4-9(2)18-13)19-11-6-10(15)7-17-8-11/h4-8,12,14H,3,16H2,1-2H3. The Labute approximate surface area is 117 Å². The Morgan fingerprint density at radius 1 is 1.42 bits per heavy atom. The summed E-state index contributed by atoms with van der Waals surface area (Å²) in [5.41, 5.74) is 6.11. The molecule has 0 aliphatic heterocycles. The molecular weight excluding hydrogens is 264 g/mol. The summed E-state index contributed by atoms with van der Waals surface area (Å²) in [5.74, 6) is 2.12. The summed E-state index contributed by atoms with van der Waals surface area (Å²) in [7, 11) is 0. The first-order valence-corrected chi connectivity index (χ1v) is 6.57. The average molecular weight is 281 g/mol. The van der Waals surface area contributed by atoms with E-state index in [2.05, 4.69) is 4.98 Å². The summed E-state index contributed by atoms with van der Waals surface area (Å²) in [6, 6.07) is 5.32. The molecule has 2 rings (SSSR count). The van der Waals surface area contributed by atoms with Crippen molar-refractivity contribution in [1.29, 1.82) is 0 Å². The van der Waals surface area contributed by atoms with E-state index in [0.29, 0.717) is 16.5 Å². The smallest absolute Gasteiger partial charge is 0.171 e. The van der Waals surface area contributed by atoms with E-state index in [-0.39, 0.29) is 12.1 Å². The van der Waals surface area contributed by atoms with Gasteiger partial charge in [0.05, 0.1) is 11.2 Å². The second kappa shape index (κ2) is 6.08. The van der Waals surface area contributed by atoms with Crippen molar-refractivity contribution in [2.75, 3.05) is 0 Å². The van der Waals surface area contributed by atoms with E-state index in [4.69, 9.17) is 26.5 Å². The SMILES string of the molecule is CCC(N)C(Oc1cncc(Cl)c1)c1ccc(C)o1. The summed E-state index contributed by atoms with van der Waals surface area (Å²) in [5, 5.41) is 0.525. The molecule has 0 aliphatic carbocycles. The molecule has 102 valence electrons. The van der Waals surface area contributed by atoms with E-state index < -0.39 is 0 Å². The van der Waals surface area contributed by atoms with Gasteiger partial charge in [0.1, 0.15) is 17.3 Å². The molecule has 0 bridgehead atoms. The Kier molecular flexibility index (Phi) is 4.45. The van der Waals surface area contributed by atoms with Crippen molar-refractivity contribution in [2.45, 2.75) is 32.4 Å². The highest BCUT2D eigenvalue weighted by atomic mass is 35.5. The van der Waals surface area contributed by atoms with E-state index >= 15 is 0 Å². The third-order valence-electron chi connectivity index (χ3n) is 2.84. The van der Waals surface area contributed by atoms with Gasteiger partial charge >= 0.3 is 0 Å². The number of nitrogens with two attached hydrogens (primary N) is 1. The fourth-order valence-electron chi connectivity index (χ4n) is 1.78. The molecular formula is C14H17ClN2O2. The molecule has 0 aromatic carbocycles. The van der Waals surface area contributed by atoms with Crippen molar-refractivity contribution in [2.24, 2.45) is 5.73 Å². The van der Waals surface area contributed by atoms with Gasteiger partial charge in [-0.15, -0.1) is 0 Å². The van der Waals surface area contributed by atoms with Crippen LogP contribution in [0, 0.1) is 6.92 Å². The number of aryl methyl sites for hydroxylation is 1. The molecule has 0 fully saturated rings. The zero-order valence-electron chi connectivity index (χ0n) is 11.0. The lowest BCUT2D eigenvalue weighted by molar-refractivity contribution is 0.143. The molecule has 2 heterocycles. The maximum Gasteiger partial charge on any atom is 0.171 e. The summed E-state index contributed by atoms with van der Waals surface area (Å²) >= 11 is 5.89. The van der Waals surface area contributed by atoms with Gasteiger partial charge in [-0.2, -0.15) is 0 Å². The van der Waals surface area contributed by atoms with Crippen LogP contribution in [0.5, 0.6) is 5.75 Å². The Morgan fingerprint density at radius 2 is 2.21 bits per heavy atom. The first kappa shape index (κ1) is 13.9. The Hall–Kier alpha value is -1.52.